The molecule has 1 N–H and O–H groups in total. The van der Waals surface area contributed by atoms with Crippen molar-refractivity contribution in [1.29, 1.82) is 0 Å². The van der Waals surface area contributed by atoms with Crippen LogP contribution in [0.3, 0.4) is 0 Å². The van der Waals surface area contributed by atoms with Crippen molar-refractivity contribution in [3.63, 3.8) is 0 Å². The van der Waals surface area contributed by atoms with Gasteiger partial charge in [0.05, 0.1) is 19.9 Å². The average molecular weight is 205 g/mol. The lowest BCUT2D eigenvalue weighted by molar-refractivity contribution is 0.112. The van der Waals surface area contributed by atoms with Crippen LogP contribution in [0.25, 0.3) is 10.9 Å². The smallest absolute Gasteiger partial charge is 0.166 e. The van der Waals surface area contributed by atoms with Gasteiger partial charge in [-0.1, -0.05) is 0 Å². The second-order valence-corrected chi connectivity index (χ2v) is 3.14. The highest BCUT2D eigenvalue weighted by molar-refractivity contribution is 5.90. The van der Waals surface area contributed by atoms with Crippen LogP contribution in [-0.4, -0.2) is 25.5 Å². The van der Waals surface area contributed by atoms with Gasteiger partial charge < -0.3 is 14.5 Å². The Kier molecular flexibility index (Phi) is 2.33. The van der Waals surface area contributed by atoms with E-state index in [1.54, 1.807) is 26.4 Å². The summed E-state index contributed by atoms with van der Waals surface area (Å²) in [5.41, 5.74) is 1.40. The van der Waals surface area contributed by atoms with Crippen molar-refractivity contribution in [2.24, 2.45) is 0 Å². The van der Waals surface area contributed by atoms with E-state index in [1.165, 1.54) is 0 Å². The van der Waals surface area contributed by atoms with Crippen LogP contribution in [0, 0.1) is 0 Å². The molecule has 1 aromatic heterocycles. The Morgan fingerprint density at radius 1 is 1.13 bits per heavy atom. The normalized spacial score (nSPS) is 10.3. The third kappa shape index (κ3) is 1.54. The fraction of sp³-hybridized carbons (Fsp3) is 0.182. The van der Waals surface area contributed by atoms with Crippen molar-refractivity contribution in [1.82, 2.24) is 4.98 Å². The summed E-state index contributed by atoms with van der Waals surface area (Å²) in [6.07, 6.45) is 0.777. The maximum Gasteiger partial charge on any atom is 0.166 e. The molecule has 78 valence electrons. The minimum absolute atomic E-state index is 0.542. The second kappa shape index (κ2) is 3.65. The van der Waals surface area contributed by atoms with Gasteiger partial charge in [0.25, 0.3) is 0 Å². The third-order valence-corrected chi connectivity index (χ3v) is 2.27. The van der Waals surface area contributed by atoms with Crippen LogP contribution in [-0.2, 0) is 0 Å². The zero-order chi connectivity index (χ0) is 10.8. The van der Waals surface area contributed by atoms with Crippen molar-refractivity contribution in [3.05, 3.63) is 23.9 Å². The lowest BCUT2D eigenvalue weighted by Crippen LogP contribution is -1.89. The molecule has 0 aliphatic heterocycles. The van der Waals surface area contributed by atoms with E-state index in [0.29, 0.717) is 17.2 Å². The van der Waals surface area contributed by atoms with E-state index in [2.05, 4.69) is 4.98 Å². The summed E-state index contributed by atoms with van der Waals surface area (Å²) in [5, 5.41) is 0.926. The molecule has 0 aliphatic carbocycles. The summed E-state index contributed by atoms with van der Waals surface area (Å²) < 4.78 is 10.3. The first kappa shape index (κ1) is 9.58. The molecule has 0 radical (unpaired) electrons. The molecule has 0 unspecified atom stereocenters. The number of hydrogen-bond donors (Lipinski definition) is 1. The van der Waals surface area contributed by atoms with Crippen molar-refractivity contribution in [2.45, 2.75) is 0 Å². The first-order chi connectivity index (χ1) is 7.28. The fourth-order valence-corrected chi connectivity index (χ4v) is 1.54. The van der Waals surface area contributed by atoms with Gasteiger partial charge in [-0.25, -0.2) is 0 Å². The van der Waals surface area contributed by atoms with E-state index < -0.39 is 0 Å². The van der Waals surface area contributed by atoms with Gasteiger partial charge in [-0.3, -0.25) is 4.79 Å². The number of carbonyl (C=O) groups excluding carboxylic acids is 1. The van der Waals surface area contributed by atoms with Crippen LogP contribution < -0.4 is 9.47 Å². The molecular weight excluding hydrogens is 194 g/mol. The largest absolute Gasteiger partial charge is 0.493 e. The summed E-state index contributed by atoms with van der Waals surface area (Å²) in [6.45, 7) is 0. The molecule has 4 nitrogen and oxygen atoms in total. The van der Waals surface area contributed by atoms with Gasteiger partial charge >= 0.3 is 0 Å². The van der Waals surface area contributed by atoms with Crippen molar-refractivity contribution in [3.8, 4) is 11.5 Å². The summed E-state index contributed by atoms with van der Waals surface area (Å²) in [6, 6.07) is 5.41. The van der Waals surface area contributed by atoms with Gasteiger partial charge in [0.2, 0.25) is 0 Å². The van der Waals surface area contributed by atoms with Gasteiger partial charge in [-0.2, -0.15) is 0 Å². The van der Waals surface area contributed by atoms with Gasteiger partial charge in [0, 0.05) is 17.0 Å². The lowest BCUT2D eigenvalue weighted by Gasteiger charge is -2.06. The number of aldehydes is 1. The SMILES string of the molecule is COc1cc2cc(C=O)[nH]c2cc1OC. The molecule has 15 heavy (non-hydrogen) atoms. The maximum absolute atomic E-state index is 10.6. The van der Waals surface area contributed by atoms with E-state index >= 15 is 0 Å². The predicted octanol–water partition coefficient (Wildman–Crippen LogP) is 2.00. The molecule has 0 saturated heterocycles. The number of aromatic amines is 1. The minimum Gasteiger partial charge on any atom is -0.493 e. The number of methoxy groups -OCH3 is 2. The van der Waals surface area contributed by atoms with Crippen LogP contribution in [0.2, 0.25) is 0 Å². The molecule has 1 heterocycles. The fourth-order valence-electron chi connectivity index (χ4n) is 1.54. The number of carbonyl (C=O) groups is 1. The van der Waals surface area contributed by atoms with E-state index in [-0.39, 0.29) is 0 Å². The Balaban J connectivity index is 2.66. The predicted molar refractivity (Wildman–Crippen MR) is 56.8 cm³/mol. The standard InChI is InChI=1S/C11H11NO3/c1-14-10-4-7-3-8(6-13)12-9(7)5-11(10)15-2/h3-6,12H,1-2H3. The molecular formula is C11H11NO3. The molecule has 0 bridgehead atoms. The van der Waals surface area contributed by atoms with Crippen LogP contribution >= 0.6 is 0 Å². The van der Waals surface area contributed by atoms with E-state index in [1.807, 2.05) is 6.07 Å². The van der Waals surface area contributed by atoms with Gasteiger partial charge in [-0.05, 0) is 12.1 Å². The molecule has 0 amide bonds. The van der Waals surface area contributed by atoms with Crippen molar-refractivity contribution < 1.29 is 14.3 Å². The molecule has 0 fully saturated rings. The van der Waals surface area contributed by atoms with Gasteiger partial charge in [-0.15, -0.1) is 0 Å². The number of ether oxygens (including phenoxy) is 2. The lowest BCUT2D eigenvalue weighted by atomic mass is 10.2. The number of fused-ring (bicyclic) bond motifs is 1. The molecule has 0 atom stereocenters. The van der Waals surface area contributed by atoms with Crippen LogP contribution in [0.4, 0.5) is 0 Å². The number of aromatic nitrogens is 1. The zero-order valence-corrected chi connectivity index (χ0v) is 8.53. The Morgan fingerprint density at radius 2 is 1.80 bits per heavy atom. The van der Waals surface area contributed by atoms with Crippen LogP contribution in [0.15, 0.2) is 18.2 Å². The molecule has 1 aromatic carbocycles. The molecule has 2 aromatic rings. The van der Waals surface area contributed by atoms with E-state index in [4.69, 9.17) is 9.47 Å². The molecule has 4 heteroatoms. The topological polar surface area (TPSA) is 51.3 Å². The van der Waals surface area contributed by atoms with Crippen LogP contribution in [0.5, 0.6) is 11.5 Å². The first-order valence-electron chi connectivity index (χ1n) is 4.48. The Hall–Kier alpha value is -1.97. The second-order valence-electron chi connectivity index (χ2n) is 3.14. The number of rotatable bonds is 3. The quantitative estimate of drug-likeness (QED) is 0.779. The number of hydrogen-bond acceptors (Lipinski definition) is 3. The Labute approximate surface area is 86.8 Å². The summed E-state index contributed by atoms with van der Waals surface area (Å²) in [7, 11) is 3.16. The number of nitrogens with one attached hydrogen (secondary N) is 1. The number of benzene rings is 1. The van der Waals surface area contributed by atoms with Gasteiger partial charge in [0.1, 0.15) is 0 Å². The molecule has 2 rings (SSSR count). The van der Waals surface area contributed by atoms with Crippen molar-refractivity contribution >= 4 is 17.2 Å². The first-order valence-corrected chi connectivity index (χ1v) is 4.48. The monoisotopic (exact) mass is 205 g/mol. The highest BCUT2D eigenvalue weighted by Crippen LogP contribution is 2.31. The zero-order valence-electron chi connectivity index (χ0n) is 8.53. The average Bonchev–Trinajstić information content (AvgIpc) is 2.68. The van der Waals surface area contributed by atoms with Gasteiger partial charge in [0.15, 0.2) is 17.8 Å². The summed E-state index contributed by atoms with van der Waals surface area (Å²) in [4.78, 5) is 13.6. The Bertz CT molecular complexity index is 461. The summed E-state index contributed by atoms with van der Waals surface area (Å²) in [5.74, 6) is 1.30. The highest BCUT2D eigenvalue weighted by Gasteiger charge is 2.07. The maximum atomic E-state index is 10.6. The van der Waals surface area contributed by atoms with E-state index in [9.17, 15) is 4.79 Å². The highest BCUT2D eigenvalue weighted by atomic mass is 16.5. The van der Waals surface area contributed by atoms with Crippen LogP contribution in [0.1, 0.15) is 10.5 Å². The Morgan fingerprint density at radius 3 is 2.40 bits per heavy atom. The molecule has 0 aliphatic rings. The molecule has 0 saturated carbocycles. The summed E-state index contributed by atoms with van der Waals surface area (Å²) >= 11 is 0. The number of H-pyrrole nitrogens is 1. The minimum atomic E-state index is 0.542. The molecule has 0 spiro atoms. The van der Waals surface area contributed by atoms with Crippen molar-refractivity contribution in [2.75, 3.05) is 14.2 Å². The van der Waals surface area contributed by atoms with E-state index in [0.717, 1.165) is 17.2 Å². The third-order valence-electron chi connectivity index (χ3n) is 2.27.